The fourth-order valence-electron chi connectivity index (χ4n) is 3.72. The standard InChI is InChI=1S/C20H22FN3O.ClH/c21-19-3-1-2-16-12-24(13-18(16)19)20(25)23-17-6-4-14(5-7-17)15-8-10-22-11-9-15;/h1-7,15,22H,8-13H2,(H,23,25);1H. The van der Waals surface area contributed by atoms with Crippen LogP contribution < -0.4 is 10.6 Å². The predicted molar refractivity (Wildman–Crippen MR) is 103 cm³/mol. The van der Waals surface area contributed by atoms with Crippen LogP contribution in [0.15, 0.2) is 42.5 Å². The summed E-state index contributed by atoms with van der Waals surface area (Å²) in [4.78, 5) is 14.1. The summed E-state index contributed by atoms with van der Waals surface area (Å²) in [5, 5.41) is 6.30. The minimum Gasteiger partial charge on any atom is -0.317 e. The maximum Gasteiger partial charge on any atom is 0.322 e. The molecule has 2 aliphatic rings. The maximum absolute atomic E-state index is 13.8. The normalized spacial score (nSPS) is 16.7. The van der Waals surface area contributed by atoms with Gasteiger partial charge in [0.25, 0.3) is 0 Å². The number of benzene rings is 2. The van der Waals surface area contributed by atoms with E-state index in [-0.39, 0.29) is 24.3 Å². The highest BCUT2D eigenvalue weighted by Crippen LogP contribution is 2.28. The SMILES string of the molecule is Cl.O=C(Nc1ccc(C2CCNCC2)cc1)N1Cc2cccc(F)c2C1. The number of carbonyl (C=O) groups excluding carboxylic acids is 1. The quantitative estimate of drug-likeness (QED) is 0.823. The van der Waals surface area contributed by atoms with Crippen molar-refractivity contribution >= 4 is 24.1 Å². The van der Waals surface area contributed by atoms with Gasteiger partial charge >= 0.3 is 6.03 Å². The predicted octanol–water partition coefficient (Wildman–Crippen LogP) is 4.26. The molecule has 2 aromatic carbocycles. The molecule has 0 atom stereocenters. The highest BCUT2D eigenvalue weighted by atomic mass is 35.5. The van der Waals surface area contributed by atoms with E-state index < -0.39 is 0 Å². The third-order valence-corrected chi connectivity index (χ3v) is 5.19. The summed E-state index contributed by atoms with van der Waals surface area (Å²) in [6.07, 6.45) is 2.31. The Morgan fingerprint density at radius 3 is 2.50 bits per heavy atom. The molecule has 2 aromatic rings. The smallest absolute Gasteiger partial charge is 0.317 e. The molecule has 138 valence electrons. The Morgan fingerprint density at radius 1 is 1.08 bits per heavy atom. The zero-order valence-corrected chi connectivity index (χ0v) is 15.3. The van der Waals surface area contributed by atoms with Gasteiger partial charge in [0.2, 0.25) is 0 Å². The van der Waals surface area contributed by atoms with Crippen LogP contribution in [0.5, 0.6) is 0 Å². The van der Waals surface area contributed by atoms with Gasteiger partial charge in [-0.05, 0) is 61.2 Å². The van der Waals surface area contributed by atoms with Crippen molar-refractivity contribution in [1.82, 2.24) is 10.2 Å². The van der Waals surface area contributed by atoms with Gasteiger partial charge in [-0.2, -0.15) is 0 Å². The number of carbonyl (C=O) groups is 1. The first-order valence-electron chi connectivity index (χ1n) is 8.83. The van der Waals surface area contributed by atoms with E-state index in [2.05, 4.69) is 22.8 Å². The summed E-state index contributed by atoms with van der Waals surface area (Å²) in [5.41, 5.74) is 3.62. The molecule has 0 aromatic heterocycles. The van der Waals surface area contributed by atoms with Crippen molar-refractivity contribution in [2.45, 2.75) is 31.8 Å². The van der Waals surface area contributed by atoms with E-state index in [0.29, 0.717) is 24.6 Å². The fourth-order valence-corrected chi connectivity index (χ4v) is 3.72. The van der Waals surface area contributed by atoms with Crippen LogP contribution in [0.2, 0.25) is 0 Å². The van der Waals surface area contributed by atoms with Gasteiger partial charge in [0.05, 0.1) is 6.54 Å². The number of hydrogen-bond donors (Lipinski definition) is 2. The number of urea groups is 1. The summed E-state index contributed by atoms with van der Waals surface area (Å²) in [5.74, 6) is 0.362. The Morgan fingerprint density at radius 2 is 1.81 bits per heavy atom. The minimum atomic E-state index is -0.237. The lowest BCUT2D eigenvalue weighted by Crippen LogP contribution is -2.30. The molecule has 2 heterocycles. The second kappa shape index (κ2) is 8.06. The first kappa shape index (κ1) is 18.7. The fraction of sp³-hybridized carbons (Fsp3) is 0.350. The van der Waals surface area contributed by atoms with Gasteiger partial charge in [-0.15, -0.1) is 12.4 Å². The average Bonchev–Trinajstić information content (AvgIpc) is 3.09. The van der Waals surface area contributed by atoms with Gasteiger partial charge in [-0.3, -0.25) is 0 Å². The summed E-state index contributed by atoms with van der Waals surface area (Å²) < 4.78 is 13.8. The molecule has 4 rings (SSSR count). The zero-order valence-electron chi connectivity index (χ0n) is 14.5. The Kier molecular flexibility index (Phi) is 5.79. The molecule has 0 spiro atoms. The van der Waals surface area contributed by atoms with Gasteiger partial charge in [0.15, 0.2) is 0 Å². The van der Waals surface area contributed by atoms with Crippen molar-refractivity contribution in [1.29, 1.82) is 0 Å². The van der Waals surface area contributed by atoms with E-state index in [0.717, 1.165) is 37.2 Å². The molecule has 6 heteroatoms. The number of fused-ring (bicyclic) bond motifs is 1. The lowest BCUT2D eigenvalue weighted by atomic mass is 9.90. The van der Waals surface area contributed by atoms with E-state index >= 15 is 0 Å². The van der Waals surface area contributed by atoms with Crippen molar-refractivity contribution < 1.29 is 9.18 Å². The van der Waals surface area contributed by atoms with Gasteiger partial charge in [-0.1, -0.05) is 24.3 Å². The van der Waals surface area contributed by atoms with Crippen LogP contribution in [0.4, 0.5) is 14.9 Å². The number of piperidine rings is 1. The number of nitrogens with one attached hydrogen (secondary N) is 2. The summed E-state index contributed by atoms with van der Waals surface area (Å²) >= 11 is 0. The van der Waals surface area contributed by atoms with E-state index in [4.69, 9.17) is 0 Å². The Bertz CT molecular complexity index is 775. The molecule has 2 N–H and O–H groups in total. The molecule has 4 nitrogen and oxygen atoms in total. The second-order valence-corrected chi connectivity index (χ2v) is 6.81. The zero-order chi connectivity index (χ0) is 17.2. The number of amides is 2. The summed E-state index contributed by atoms with van der Waals surface area (Å²) in [7, 11) is 0. The van der Waals surface area contributed by atoms with Gasteiger partial charge in [0, 0.05) is 17.8 Å². The molecule has 1 saturated heterocycles. The molecular formula is C20H23ClFN3O. The molecule has 2 aliphatic heterocycles. The molecule has 26 heavy (non-hydrogen) atoms. The van der Waals surface area contributed by atoms with Crippen LogP contribution in [-0.2, 0) is 13.1 Å². The highest BCUT2D eigenvalue weighted by molar-refractivity contribution is 5.89. The highest BCUT2D eigenvalue weighted by Gasteiger charge is 2.25. The van der Waals surface area contributed by atoms with Crippen LogP contribution in [0, 0.1) is 5.82 Å². The lowest BCUT2D eigenvalue weighted by molar-refractivity contribution is 0.212. The maximum atomic E-state index is 13.8. The second-order valence-electron chi connectivity index (χ2n) is 6.81. The first-order chi connectivity index (χ1) is 12.2. The number of hydrogen-bond acceptors (Lipinski definition) is 2. The molecule has 0 saturated carbocycles. The first-order valence-corrected chi connectivity index (χ1v) is 8.83. The third kappa shape index (κ3) is 3.84. The monoisotopic (exact) mass is 375 g/mol. The number of halogens is 2. The van der Waals surface area contributed by atoms with Crippen LogP contribution in [0.1, 0.15) is 35.4 Å². The Balaban J connectivity index is 0.00000196. The van der Waals surface area contributed by atoms with E-state index in [9.17, 15) is 9.18 Å². The van der Waals surface area contributed by atoms with Crippen molar-refractivity contribution in [3.05, 3.63) is 65.0 Å². The topological polar surface area (TPSA) is 44.4 Å². The Labute approximate surface area is 159 Å². The number of rotatable bonds is 2. The number of anilines is 1. The third-order valence-electron chi connectivity index (χ3n) is 5.19. The van der Waals surface area contributed by atoms with E-state index in [1.54, 1.807) is 11.0 Å². The summed E-state index contributed by atoms with van der Waals surface area (Å²) in [6.45, 7) is 2.90. The van der Waals surface area contributed by atoms with Crippen molar-refractivity contribution in [2.24, 2.45) is 0 Å². The molecule has 0 radical (unpaired) electrons. The van der Waals surface area contributed by atoms with Gasteiger partial charge < -0.3 is 15.5 Å². The van der Waals surface area contributed by atoms with Crippen LogP contribution in [0.3, 0.4) is 0 Å². The Hall–Kier alpha value is -2.11. The van der Waals surface area contributed by atoms with Crippen molar-refractivity contribution in [2.75, 3.05) is 18.4 Å². The molecule has 1 fully saturated rings. The molecule has 0 aliphatic carbocycles. The van der Waals surface area contributed by atoms with E-state index in [1.807, 2.05) is 18.2 Å². The summed E-state index contributed by atoms with van der Waals surface area (Å²) in [6, 6.07) is 12.9. The average molecular weight is 376 g/mol. The lowest BCUT2D eigenvalue weighted by Gasteiger charge is -2.23. The van der Waals surface area contributed by atoms with Crippen molar-refractivity contribution in [3.63, 3.8) is 0 Å². The van der Waals surface area contributed by atoms with Crippen LogP contribution >= 0.6 is 12.4 Å². The van der Waals surface area contributed by atoms with Gasteiger partial charge in [-0.25, -0.2) is 9.18 Å². The largest absolute Gasteiger partial charge is 0.322 e. The minimum absolute atomic E-state index is 0. The number of nitrogens with zero attached hydrogens (tertiary/aromatic N) is 1. The van der Waals surface area contributed by atoms with Crippen LogP contribution in [0.25, 0.3) is 0 Å². The molecule has 0 bridgehead atoms. The van der Waals surface area contributed by atoms with Gasteiger partial charge in [0.1, 0.15) is 5.82 Å². The van der Waals surface area contributed by atoms with E-state index in [1.165, 1.54) is 11.6 Å². The molecule has 0 unspecified atom stereocenters. The van der Waals surface area contributed by atoms with Crippen molar-refractivity contribution in [3.8, 4) is 0 Å². The molecule has 2 amide bonds. The molecular weight excluding hydrogens is 353 g/mol. The van der Waals surface area contributed by atoms with Crippen LogP contribution in [-0.4, -0.2) is 24.0 Å².